The van der Waals surface area contributed by atoms with Gasteiger partial charge in [0.25, 0.3) is 0 Å². The van der Waals surface area contributed by atoms with E-state index >= 15 is 0 Å². The SMILES string of the molecule is CCC(=O)N1CCCC(C(=O)N(CCN)CCc2ccccc2)C1. The average Bonchev–Trinajstić information content (AvgIpc) is 2.64. The highest BCUT2D eigenvalue weighted by Gasteiger charge is 2.30. The molecule has 1 aliphatic rings. The third-order valence-corrected chi connectivity index (χ3v) is 4.65. The normalized spacial score (nSPS) is 17.6. The lowest BCUT2D eigenvalue weighted by atomic mass is 9.96. The zero-order valence-corrected chi connectivity index (χ0v) is 14.6. The second kappa shape index (κ2) is 9.42. The lowest BCUT2D eigenvalue weighted by molar-refractivity contribution is -0.140. The average molecular weight is 331 g/mol. The number of likely N-dealkylation sites (tertiary alicyclic amines) is 1. The summed E-state index contributed by atoms with van der Waals surface area (Å²) in [5.74, 6) is 0.198. The molecule has 2 amide bonds. The number of carbonyl (C=O) groups is 2. The maximum Gasteiger partial charge on any atom is 0.227 e. The Morgan fingerprint density at radius 2 is 2.00 bits per heavy atom. The smallest absolute Gasteiger partial charge is 0.227 e. The van der Waals surface area contributed by atoms with Crippen LogP contribution < -0.4 is 5.73 Å². The van der Waals surface area contributed by atoms with E-state index in [4.69, 9.17) is 5.73 Å². The molecule has 0 saturated carbocycles. The Kier molecular flexibility index (Phi) is 7.25. The maximum absolute atomic E-state index is 12.9. The summed E-state index contributed by atoms with van der Waals surface area (Å²) in [6.07, 6.45) is 3.09. The summed E-state index contributed by atoms with van der Waals surface area (Å²) >= 11 is 0. The molecule has 1 fully saturated rings. The van der Waals surface area contributed by atoms with Gasteiger partial charge in [0.15, 0.2) is 0 Å². The van der Waals surface area contributed by atoms with Gasteiger partial charge in [0.1, 0.15) is 0 Å². The van der Waals surface area contributed by atoms with Gasteiger partial charge in [0.05, 0.1) is 5.92 Å². The zero-order valence-electron chi connectivity index (χ0n) is 14.6. The van der Waals surface area contributed by atoms with Crippen LogP contribution in [0.2, 0.25) is 0 Å². The van der Waals surface area contributed by atoms with Gasteiger partial charge in [-0.15, -0.1) is 0 Å². The molecule has 0 spiro atoms. The fourth-order valence-corrected chi connectivity index (χ4v) is 3.28. The molecule has 5 nitrogen and oxygen atoms in total. The van der Waals surface area contributed by atoms with Crippen LogP contribution in [0.5, 0.6) is 0 Å². The Hall–Kier alpha value is -1.88. The van der Waals surface area contributed by atoms with E-state index in [0.717, 1.165) is 25.8 Å². The van der Waals surface area contributed by atoms with Crippen LogP contribution >= 0.6 is 0 Å². The number of hydrogen-bond acceptors (Lipinski definition) is 3. The van der Waals surface area contributed by atoms with Gasteiger partial charge >= 0.3 is 0 Å². The van der Waals surface area contributed by atoms with E-state index in [0.29, 0.717) is 32.6 Å². The zero-order chi connectivity index (χ0) is 17.4. The number of piperidine rings is 1. The third-order valence-electron chi connectivity index (χ3n) is 4.65. The first kappa shape index (κ1) is 18.5. The number of benzene rings is 1. The first-order chi connectivity index (χ1) is 11.7. The van der Waals surface area contributed by atoms with Crippen LogP contribution in [-0.4, -0.2) is 54.3 Å². The Balaban J connectivity index is 1.95. The summed E-state index contributed by atoms with van der Waals surface area (Å²) in [5.41, 5.74) is 6.93. The molecule has 0 radical (unpaired) electrons. The standard InChI is InChI=1S/C19H29N3O2/c1-2-18(23)22-12-6-9-17(15-22)19(24)21(14-11-20)13-10-16-7-4-3-5-8-16/h3-5,7-8,17H,2,6,9-15,20H2,1H3. The van der Waals surface area contributed by atoms with Gasteiger partial charge in [-0.3, -0.25) is 9.59 Å². The molecule has 1 aromatic carbocycles. The Labute approximate surface area is 144 Å². The van der Waals surface area contributed by atoms with Crippen molar-refractivity contribution in [2.24, 2.45) is 11.7 Å². The summed E-state index contributed by atoms with van der Waals surface area (Å²) in [5, 5.41) is 0. The highest BCUT2D eigenvalue weighted by molar-refractivity contribution is 5.81. The minimum absolute atomic E-state index is 0.0865. The van der Waals surface area contributed by atoms with Crippen LogP contribution in [0.3, 0.4) is 0 Å². The lowest BCUT2D eigenvalue weighted by Gasteiger charge is -2.35. The van der Waals surface area contributed by atoms with E-state index in [9.17, 15) is 9.59 Å². The third kappa shape index (κ3) is 5.06. The van der Waals surface area contributed by atoms with Crippen molar-refractivity contribution in [1.29, 1.82) is 0 Å². The van der Waals surface area contributed by atoms with Crippen molar-refractivity contribution >= 4 is 11.8 Å². The molecule has 1 saturated heterocycles. The van der Waals surface area contributed by atoms with E-state index < -0.39 is 0 Å². The molecule has 1 aliphatic heterocycles. The second-order valence-corrected chi connectivity index (χ2v) is 6.38. The predicted molar refractivity (Wildman–Crippen MR) is 95.4 cm³/mol. The van der Waals surface area contributed by atoms with Gasteiger partial charge in [0, 0.05) is 39.1 Å². The Morgan fingerprint density at radius 3 is 2.67 bits per heavy atom. The molecule has 2 rings (SSSR count). The number of carbonyl (C=O) groups excluding carboxylic acids is 2. The summed E-state index contributed by atoms with van der Waals surface area (Å²) in [6.45, 7) is 4.91. The number of nitrogens with zero attached hydrogens (tertiary/aromatic N) is 2. The number of rotatable bonds is 7. The molecule has 1 atom stereocenters. The van der Waals surface area contributed by atoms with Crippen LogP contribution in [0.25, 0.3) is 0 Å². The largest absolute Gasteiger partial charge is 0.342 e. The molecule has 0 bridgehead atoms. The van der Waals surface area contributed by atoms with Crippen LogP contribution in [-0.2, 0) is 16.0 Å². The Bertz CT molecular complexity index is 533. The van der Waals surface area contributed by atoms with Crippen LogP contribution in [0.4, 0.5) is 0 Å². The first-order valence-electron chi connectivity index (χ1n) is 8.96. The number of nitrogens with two attached hydrogens (primary N) is 1. The van der Waals surface area contributed by atoms with Gasteiger partial charge in [-0.2, -0.15) is 0 Å². The summed E-state index contributed by atoms with van der Waals surface area (Å²) in [7, 11) is 0. The van der Waals surface area contributed by atoms with E-state index in [-0.39, 0.29) is 17.7 Å². The second-order valence-electron chi connectivity index (χ2n) is 6.38. The molecule has 5 heteroatoms. The first-order valence-corrected chi connectivity index (χ1v) is 8.96. The fraction of sp³-hybridized carbons (Fsp3) is 0.579. The van der Waals surface area contributed by atoms with Gasteiger partial charge in [-0.25, -0.2) is 0 Å². The van der Waals surface area contributed by atoms with Crippen molar-refractivity contribution in [3.63, 3.8) is 0 Å². The minimum Gasteiger partial charge on any atom is -0.342 e. The van der Waals surface area contributed by atoms with Crippen molar-refractivity contribution in [2.45, 2.75) is 32.6 Å². The molecule has 132 valence electrons. The van der Waals surface area contributed by atoms with Crippen LogP contribution in [0, 0.1) is 5.92 Å². The topological polar surface area (TPSA) is 66.6 Å². The molecular formula is C19H29N3O2. The van der Waals surface area contributed by atoms with Crippen LogP contribution in [0.1, 0.15) is 31.7 Å². The summed E-state index contributed by atoms with van der Waals surface area (Å²) in [6, 6.07) is 10.2. The molecule has 1 aromatic rings. The van der Waals surface area contributed by atoms with Crippen molar-refractivity contribution in [3.05, 3.63) is 35.9 Å². The quantitative estimate of drug-likeness (QED) is 0.826. The molecule has 24 heavy (non-hydrogen) atoms. The summed E-state index contributed by atoms with van der Waals surface area (Å²) < 4.78 is 0. The van der Waals surface area contributed by atoms with E-state index in [2.05, 4.69) is 12.1 Å². The molecule has 1 heterocycles. The van der Waals surface area contributed by atoms with Crippen molar-refractivity contribution in [1.82, 2.24) is 9.80 Å². The highest BCUT2D eigenvalue weighted by atomic mass is 16.2. The molecule has 2 N–H and O–H groups in total. The molecular weight excluding hydrogens is 302 g/mol. The molecule has 1 unspecified atom stereocenters. The fourth-order valence-electron chi connectivity index (χ4n) is 3.28. The number of hydrogen-bond donors (Lipinski definition) is 1. The van der Waals surface area contributed by atoms with Crippen molar-refractivity contribution in [2.75, 3.05) is 32.7 Å². The molecule has 0 aromatic heterocycles. The monoisotopic (exact) mass is 331 g/mol. The lowest BCUT2D eigenvalue weighted by Crippen LogP contribution is -2.48. The minimum atomic E-state index is -0.0865. The number of amides is 2. The van der Waals surface area contributed by atoms with E-state index in [1.165, 1.54) is 5.56 Å². The highest BCUT2D eigenvalue weighted by Crippen LogP contribution is 2.20. The Morgan fingerprint density at radius 1 is 1.25 bits per heavy atom. The maximum atomic E-state index is 12.9. The van der Waals surface area contributed by atoms with Crippen LogP contribution in [0.15, 0.2) is 30.3 Å². The van der Waals surface area contributed by atoms with Crippen molar-refractivity contribution < 1.29 is 9.59 Å². The summed E-state index contributed by atoms with van der Waals surface area (Å²) in [4.78, 5) is 28.5. The predicted octanol–water partition coefficient (Wildman–Crippen LogP) is 1.67. The van der Waals surface area contributed by atoms with Gasteiger partial charge in [-0.05, 0) is 24.8 Å². The van der Waals surface area contributed by atoms with Gasteiger partial charge in [0.2, 0.25) is 11.8 Å². The van der Waals surface area contributed by atoms with E-state index in [1.54, 1.807) is 0 Å². The van der Waals surface area contributed by atoms with Crippen molar-refractivity contribution in [3.8, 4) is 0 Å². The molecule has 0 aliphatic carbocycles. The van der Waals surface area contributed by atoms with Gasteiger partial charge < -0.3 is 15.5 Å². The van der Waals surface area contributed by atoms with Gasteiger partial charge in [-0.1, -0.05) is 37.3 Å². The van der Waals surface area contributed by atoms with E-state index in [1.807, 2.05) is 34.9 Å².